The first-order valence-electron chi connectivity index (χ1n) is 5.26. The van der Waals surface area contributed by atoms with Crippen LogP contribution in [0.25, 0.3) is 0 Å². The summed E-state index contributed by atoms with van der Waals surface area (Å²) >= 11 is 1.69. The van der Waals surface area contributed by atoms with E-state index in [0.717, 1.165) is 11.3 Å². The lowest BCUT2D eigenvalue weighted by Gasteiger charge is -2.15. The van der Waals surface area contributed by atoms with Crippen molar-refractivity contribution >= 4 is 11.8 Å². The highest BCUT2D eigenvalue weighted by Gasteiger charge is 2.14. The Labute approximate surface area is 95.2 Å². The smallest absolute Gasteiger partial charge is 0.129 e. The molecule has 0 aromatic heterocycles. The van der Waals surface area contributed by atoms with Gasteiger partial charge in [0.05, 0.1) is 0 Å². The van der Waals surface area contributed by atoms with Crippen LogP contribution in [0.4, 0.5) is 4.39 Å². The van der Waals surface area contributed by atoms with E-state index >= 15 is 0 Å². The Hall–Kier alpha value is -0.540. The average molecular weight is 227 g/mol. The van der Waals surface area contributed by atoms with Gasteiger partial charge in [0.25, 0.3) is 0 Å². The molecule has 2 N–H and O–H groups in total. The van der Waals surface area contributed by atoms with Gasteiger partial charge < -0.3 is 5.73 Å². The first kappa shape index (κ1) is 12.5. The molecule has 0 aliphatic rings. The second-order valence-electron chi connectivity index (χ2n) is 3.78. The van der Waals surface area contributed by atoms with E-state index in [2.05, 4.69) is 13.8 Å². The third kappa shape index (κ3) is 3.21. The molecule has 84 valence electrons. The summed E-state index contributed by atoms with van der Waals surface area (Å²) in [6.07, 6.45) is 1.07. The van der Waals surface area contributed by atoms with E-state index in [1.807, 2.05) is 13.0 Å². The van der Waals surface area contributed by atoms with E-state index in [9.17, 15) is 4.39 Å². The van der Waals surface area contributed by atoms with Crippen LogP contribution in [-0.2, 0) is 0 Å². The molecule has 1 nitrogen and oxygen atoms in total. The summed E-state index contributed by atoms with van der Waals surface area (Å²) in [6.45, 7) is 6.09. The molecule has 2 unspecified atom stereocenters. The van der Waals surface area contributed by atoms with Crippen LogP contribution in [0.3, 0.4) is 0 Å². The van der Waals surface area contributed by atoms with E-state index in [-0.39, 0.29) is 11.9 Å². The van der Waals surface area contributed by atoms with Crippen molar-refractivity contribution in [1.82, 2.24) is 0 Å². The molecule has 3 heteroatoms. The summed E-state index contributed by atoms with van der Waals surface area (Å²) in [5.41, 5.74) is 6.42. The fourth-order valence-corrected chi connectivity index (χ4v) is 2.53. The van der Waals surface area contributed by atoms with E-state index in [4.69, 9.17) is 5.73 Å². The predicted molar refractivity (Wildman–Crippen MR) is 64.6 cm³/mol. The van der Waals surface area contributed by atoms with Crippen molar-refractivity contribution in [3.05, 3.63) is 29.6 Å². The molecule has 0 bridgehead atoms. The quantitative estimate of drug-likeness (QED) is 0.793. The van der Waals surface area contributed by atoms with Crippen LogP contribution in [-0.4, -0.2) is 5.25 Å². The molecule has 0 saturated heterocycles. The minimum Gasteiger partial charge on any atom is -0.324 e. The number of thioether (sulfide) groups is 1. The Morgan fingerprint density at radius 2 is 2.07 bits per heavy atom. The molecule has 15 heavy (non-hydrogen) atoms. The highest BCUT2D eigenvalue weighted by Crippen LogP contribution is 2.32. The molecule has 0 radical (unpaired) electrons. The highest BCUT2D eigenvalue weighted by molar-refractivity contribution is 8.00. The topological polar surface area (TPSA) is 26.0 Å². The Bertz CT molecular complexity index is 325. The number of hydrogen-bond donors (Lipinski definition) is 1. The zero-order valence-corrected chi connectivity index (χ0v) is 10.3. The summed E-state index contributed by atoms with van der Waals surface area (Å²) < 4.78 is 13.6. The number of halogens is 1. The fourth-order valence-electron chi connectivity index (χ4n) is 1.36. The zero-order chi connectivity index (χ0) is 11.4. The maximum atomic E-state index is 13.6. The lowest BCUT2D eigenvalue weighted by atomic mass is 10.1. The number of nitrogens with two attached hydrogens (primary N) is 1. The standard InChI is InChI=1S/C12H18FNS/c1-4-8(2)15-11-7-5-6-10(13)12(11)9(3)14/h5-9H,4,14H2,1-3H3. The maximum Gasteiger partial charge on any atom is 0.129 e. The number of hydrogen-bond acceptors (Lipinski definition) is 2. The monoisotopic (exact) mass is 227 g/mol. The summed E-state index contributed by atoms with van der Waals surface area (Å²) in [7, 11) is 0. The molecule has 0 fully saturated rings. The molecule has 0 aliphatic heterocycles. The van der Waals surface area contributed by atoms with Crippen LogP contribution >= 0.6 is 11.8 Å². The van der Waals surface area contributed by atoms with Gasteiger partial charge in [0, 0.05) is 21.8 Å². The Kier molecular flexibility index (Phi) is 4.61. The molecule has 0 aliphatic carbocycles. The third-order valence-corrected chi connectivity index (χ3v) is 3.72. The highest BCUT2D eigenvalue weighted by atomic mass is 32.2. The lowest BCUT2D eigenvalue weighted by molar-refractivity contribution is 0.585. The van der Waals surface area contributed by atoms with Crippen molar-refractivity contribution in [2.24, 2.45) is 5.73 Å². The van der Waals surface area contributed by atoms with Gasteiger partial charge in [-0.1, -0.05) is 19.9 Å². The molecular weight excluding hydrogens is 209 g/mol. The van der Waals surface area contributed by atoms with Gasteiger partial charge in [-0.2, -0.15) is 0 Å². The van der Waals surface area contributed by atoms with Gasteiger partial charge in [0.15, 0.2) is 0 Å². The van der Waals surface area contributed by atoms with Gasteiger partial charge >= 0.3 is 0 Å². The van der Waals surface area contributed by atoms with E-state index in [1.54, 1.807) is 17.8 Å². The first-order valence-corrected chi connectivity index (χ1v) is 6.14. The van der Waals surface area contributed by atoms with Crippen molar-refractivity contribution in [1.29, 1.82) is 0 Å². The largest absolute Gasteiger partial charge is 0.324 e. The maximum absolute atomic E-state index is 13.6. The summed E-state index contributed by atoms with van der Waals surface area (Å²) in [4.78, 5) is 0.972. The average Bonchev–Trinajstić information content (AvgIpc) is 2.17. The van der Waals surface area contributed by atoms with Crippen molar-refractivity contribution in [3.8, 4) is 0 Å². The zero-order valence-electron chi connectivity index (χ0n) is 9.46. The summed E-state index contributed by atoms with van der Waals surface area (Å²) in [6, 6.07) is 4.90. The Balaban J connectivity index is 3.00. The molecule has 0 saturated carbocycles. The van der Waals surface area contributed by atoms with Crippen molar-refractivity contribution in [3.63, 3.8) is 0 Å². The van der Waals surface area contributed by atoms with Crippen LogP contribution in [0.5, 0.6) is 0 Å². The van der Waals surface area contributed by atoms with Crippen LogP contribution in [0.15, 0.2) is 23.1 Å². The van der Waals surface area contributed by atoms with Crippen molar-refractivity contribution in [2.45, 2.75) is 43.4 Å². The lowest BCUT2D eigenvalue weighted by Crippen LogP contribution is -2.09. The second-order valence-corrected chi connectivity index (χ2v) is 5.26. The molecule has 1 rings (SSSR count). The molecule has 2 atom stereocenters. The minimum atomic E-state index is -0.252. The van der Waals surface area contributed by atoms with E-state index in [0.29, 0.717) is 10.8 Å². The van der Waals surface area contributed by atoms with Gasteiger partial charge in [-0.3, -0.25) is 0 Å². The Morgan fingerprint density at radius 1 is 1.40 bits per heavy atom. The molecule has 0 spiro atoms. The Morgan fingerprint density at radius 3 is 2.60 bits per heavy atom. The van der Waals surface area contributed by atoms with Gasteiger partial charge in [0.1, 0.15) is 5.82 Å². The van der Waals surface area contributed by atoms with Gasteiger partial charge in [0.2, 0.25) is 0 Å². The molecule has 1 aromatic carbocycles. The second kappa shape index (κ2) is 5.52. The van der Waals surface area contributed by atoms with Gasteiger partial charge in [-0.05, 0) is 25.5 Å². The summed E-state index contributed by atoms with van der Waals surface area (Å²) in [5, 5.41) is 0.490. The van der Waals surface area contributed by atoms with Gasteiger partial charge in [-0.15, -0.1) is 11.8 Å². The normalized spacial score (nSPS) is 15.0. The van der Waals surface area contributed by atoms with Gasteiger partial charge in [-0.25, -0.2) is 4.39 Å². The van der Waals surface area contributed by atoms with Crippen LogP contribution in [0.2, 0.25) is 0 Å². The van der Waals surface area contributed by atoms with E-state index < -0.39 is 0 Å². The van der Waals surface area contributed by atoms with Crippen LogP contribution in [0, 0.1) is 5.82 Å². The van der Waals surface area contributed by atoms with Crippen molar-refractivity contribution < 1.29 is 4.39 Å². The van der Waals surface area contributed by atoms with Crippen LogP contribution < -0.4 is 5.73 Å². The molecule has 0 amide bonds. The fraction of sp³-hybridized carbons (Fsp3) is 0.500. The van der Waals surface area contributed by atoms with Crippen LogP contribution in [0.1, 0.15) is 38.8 Å². The number of rotatable bonds is 4. The number of benzene rings is 1. The minimum absolute atomic E-state index is 0.196. The molecule has 1 aromatic rings. The summed E-state index contributed by atoms with van der Waals surface area (Å²) in [5.74, 6) is -0.196. The molecular formula is C12H18FNS. The first-order chi connectivity index (χ1) is 7.06. The van der Waals surface area contributed by atoms with E-state index in [1.165, 1.54) is 6.07 Å². The predicted octanol–water partition coefficient (Wildman–Crippen LogP) is 3.74. The third-order valence-electron chi connectivity index (χ3n) is 2.37. The van der Waals surface area contributed by atoms with Crippen molar-refractivity contribution in [2.75, 3.05) is 0 Å². The SMILES string of the molecule is CCC(C)Sc1cccc(F)c1C(C)N. The molecule has 0 heterocycles.